The Bertz CT molecular complexity index is 5210. The minimum absolute atomic E-state index is 0. The maximum atomic E-state index is 9.63. The number of phenolic OH excluding ortho intramolecular Hbond substituents is 4. The van der Waals surface area contributed by atoms with Crippen LogP contribution in [0.1, 0.15) is 6.99 Å². The van der Waals surface area contributed by atoms with E-state index in [1.807, 2.05) is 176 Å². The summed E-state index contributed by atoms with van der Waals surface area (Å²) in [5, 5.41) is 42.8. The number of phenols is 4. The number of thiol groups is 1. The SMILES string of the molecule is BrB(Br)Br.COc1ccc(-c2ccc3c(Br)c(OC)ccc3n2)cc1.COc1ccc(-c2ccc3cc(OC)ccc3n2)cc1.COc1ccc2ncccc2c1.Cc1ccccc1.Oc1ccc(-c2ccc3c(Br)c(O)ccc3n2)cc1.Oc1ccc(-c2ccc3c(Cl)c(O)ccc3n2)cc1.[B]=NS.[H-].[Li+]. The Morgan fingerprint density at radius 2 is 0.764 bits per heavy atom. The summed E-state index contributed by atoms with van der Waals surface area (Å²) >= 11 is 25.4. The Balaban J connectivity index is 0.000000200. The van der Waals surface area contributed by atoms with E-state index in [-0.39, 0.29) is 46.5 Å². The zero-order valence-electron chi connectivity index (χ0n) is 59.3. The molecular weight excluding hydrogens is 1700 g/mol. The van der Waals surface area contributed by atoms with Crippen molar-refractivity contribution in [1.82, 2.24) is 24.9 Å². The molecule has 0 atom stereocenters. The van der Waals surface area contributed by atoms with E-state index in [0.29, 0.717) is 20.4 Å². The van der Waals surface area contributed by atoms with Gasteiger partial charge >= 0.3 is 46.8 Å². The van der Waals surface area contributed by atoms with Gasteiger partial charge in [-0.05, 0) is 257 Å². The molecule has 0 aliphatic heterocycles. The number of benzene rings is 10. The molecule has 0 spiro atoms. The van der Waals surface area contributed by atoms with Crippen LogP contribution >= 0.6 is 104 Å². The number of halogens is 6. The normalized spacial score (nSPS) is 10.0. The fraction of sp³-hybridized carbons (Fsp3) is 0.0741. The van der Waals surface area contributed by atoms with Gasteiger partial charge in [-0.25, -0.2) is 19.9 Å². The predicted octanol–water partition coefficient (Wildman–Crippen LogP) is 20.3. The van der Waals surface area contributed by atoms with Gasteiger partial charge in [0.15, 0.2) is 0 Å². The van der Waals surface area contributed by atoms with Gasteiger partial charge < -0.3 is 45.5 Å². The molecule has 15 rings (SSSR count). The minimum atomic E-state index is 0. The Morgan fingerprint density at radius 3 is 1.20 bits per heavy atom. The molecule has 0 fully saturated rings. The molecule has 1 radical (unpaired) electrons. The van der Waals surface area contributed by atoms with Crippen LogP contribution in [0, 0.1) is 6.92 Å². The first-order valence-electron chi connectivity index (χ1n) is 31.7. The summed E-state index contributed by atoms with van der Waals surface area (Å²) in [6.45, 7) is 2.08. The van der Waals surface area contributed by atoms with Crippen LogP contribution in [0.15, 0.2) is 280 Å². The van der Waals surface area contributed by atoms with E-state index in [0.717, 1.165) is 122 Å². The van der Waals surface area contributed by atoms with E-state index in [9.17, 15) is 20.4 Å². The van der Waals surface area contributed by atoms with Crippen molar-refractivity contribution >= 4 is 169 Å². The van der Waals surface area contributed by atoms with Crippen molar-refractivity contribution in [3.05, 3.63) is 287 Å². The number of aromatic nitrogens is 5. The molecule has 106 heavy (non-hydrogen) atoms. The monoisotopic (exact) mass is 1760 g/mol. The van der Waals surface area contributed by atoms with Crippen molar-refractivity contribution in [2.45, 2.75) is 6.92 Å². The predicted molar refractivity (Wildman–Crippen MR) is 452 cm³/mol. The first-order valence-corrected chi connectivity index (χ1v) is 36.8. The Kier molecular flexibility index (Phi) is 34.2. The Labute approximate surface area is 682 Å². The van der Waals surface area contributed by atoms with Gasteiger partial charge in [0.05, 0.1) is 99.9 Å². The second-order valence-corrected chi connectivity index (χ2v) is 30.7. The van der Waals surface area contributed by atoms with Crippen LogP contribution in [0.2, 0.25) is 5.02 Å². The van der Waals surface area contributed by atoms with Crippen LogP contribution in [0.5, 0.6) is 51.7 Å². The number of pyridine rings is 5. The summed E-state index contributed by atoms with van der Waals surface area (Å²) in [5.41, 5.74) is 13.2. The summed E-state index contributed by atoms with van der Waals surface area (Å²) in [6, 6.07) is 81.5. The number of aromatic hydroxyl groups is 4. The van der Waals surface area contributed by atoms with Crippen LogP contribution in [-0.2, 0) is 0 Å². The van der Waals surface area contributed by atoms with E-state index in [1.54, 1.807) is 96.3 Å². The molecule has 0 amide bonds. The zero-order chi connectivity index (χ0) is 75.4. The van der Waals surface area contributed by atoms with Gasteiger partial charge in [0.2, 0.25) is 0 Å². The maximum absolute atomic E-state index is 9.63. The van der Waals surface area contributed by atoms with Gasteiger partial charge in [0, 0.05) is 55.4 Å². The van der Waals surface area contributed by atoms with Crippen molar-refractivity contribution in [1.29, 1.82) is 0 Å². The third-order valence-corrected chi connectivity index (χ3v) is 17.4. The second kappa shape index (κ2) is 43.0. The quantitative estimate of drug-likeness (QED) is 0.0674. The largest absolute Gasteiger partial charge is 1.00 e. The smallest absolute Gasteiger partial charge is 1.00 e. The number of ether oxygens (including phenoxy) is 5. The minimum Gasteiger partial charge on any atom is -1.00 e. The second-order valence-electron chi connectivity index (χ2n) is 22.1. The molecule has 10 aromatic carbocycles. The van der Waals surface area contributed by atoms with Gasteiger partial charge in [-0.1, -0.05) is 59.6 Å². The number of nitrogens with zero attached hydrogens (tertiary/aromatic N) is 6. The Hall–Kier alpha value is -8.98. The van der Waals surface area contributed by atoms with E-state index < -0.39 is 0 Å². The molecule has 0 aliphatic carbocycles. The van der Waals surface area contributed by atoms with Gasteiger partial charge in [0.25, 0.3) is 0 Å². The number of methoxy groups -OCH3 is 5. The molecule has 0 aliphatic rings. The molecule has 0 saturated heterocycles. The first kappa shape index (κ1) is 84.3. The standard InChI is InChI=1S/C17H14BrNO2.C17H15NO2.C15H10BrNO2.C15H10ClNO2.C10H9NO.C7H8.BBr3.BHNS.Li.H/c1-20-12-5-3-11(4-6-12)14-8-7-13-15(19-14)9-10-16(21-2)17(13)18;1-19-14-6-3-12(4-7-14)16-9-5-13-11-15(20-2)8-10-17(13)18-16;2*16-15-11-5-6-12(9-1-3-10(18)4-2-9)17-13(11)7-8-14(15)19;1-12-9-4-5-10-8(7-9)3-2-6-11-10;1-7-5-3-2-4-6-7;2-1(3)4;1-2-3;;/h3-10H,1-2H3;3-11H,1-2H3;2*1-8,18-19H;2-7H,1H3;2-6H,1H3;;3H;;/q;;;;;;;;+1;-1. The van der Waals surface area contributed by atoms with Gasteiger partial charge in [-0.15, -0.1) is 47.3 Å². The molecule has 15 nitrogen and oxygen atoms in total. The molecule has 25 heteroatoms. The molecular formula is C81H68B2Br5ClLiN6O9S. The topological polar surface area (TPSA) is 204 Å². The third kappa shape index (κ3) is 24.5. The van der Waals surface area contributed by atoms with Crippen LogP contribution < -0.4 is 42.5 Å². The zero-order valence-corrected chi connectivity index (χ0v) is 67.9. The summed E-state index contributed by atoms with van der Waals surface area (Å²) in [5.74, 6) is 4.91. The number of rotatable bonds is 9. The molecule has 0 saturated carbocycles. The molecule has 4 N–H and O–H groups in total. The summed E-state index contributed by atoms with van der Waals surface area (Å²) < 4.78 is 30.5. The number of hydrogen-bond acceptors (Lipinski definition) is 16. The maximum Gasteiger partial charge on any atom is 1.00 e. The van der Waals surface area contributed by atoms with Crippen LogP contribution in [-0.4, -0.2) is 91.7 Å². The van der Waals surface area contributed by atoms with Crippen LogP contribution in [0.3, 0.4) is 0 Å². The molecule has 5 aromatic heterocycles. The molecule has 531 valence electrons. The van der Waals surface area contributed by atoms with Crippen molar-refractivity contribution < 1.29 is 64.4 Å². The average molecular weight is 1770 g/mol. The number of aryl methyl sites for hydroxylation is 1. The van der Waals surface area contributed by atoms with Crippen molar-refractivity contribution in [2.75, 3.05) is 35.5 Å². The van der Waals surface area contributed by atoms with Gasteiger partial charge in [-0.3, -0.25) is 4.98 Å². The number of hydrogen-bond donors (Lipinski definition) is 5. The fourth-order valence-electron chi connectivity index (χ4n) is 10.00. The fourth-order valence-corrected chi connectivity index (χ4v) is 11.3. The van der Waals surface area contributed by atoms with E-state index in [4.69, 9.17) is 40.3 Å². The van der Waals surface area contributed by atoms with Crippen molar-refractivity contribution in [2.24, 2.45) is 4.30 Å². The molecule has 0 bridgehead atoms. The average Bonchev–Trinajstić information content (AvgIpc) is 0.809. The van der Waals surface area contributed by atoms with E-state index in [2.05, 4.69) is 155 Å². The van der Waals surface area contributed by atoms with Crippen LogP contribution in [0.4, 0.5) is 0 Å². The van der Waals surface area contributed by atoms with E-state index >= 15 is 0 Å². The summed E-state index contributed by atoms with van der Waals surface area (Å²) in [4.78, 5) is 22.6. The molecule has 0 unspecified atom stereocenters. The van der Waals surface area contributed by atoms with Gasteiger partial charge in [0.1, 0.15) is 51.7 Å². The molecule has 15 aromatic rings. The van der Waals surface area contributed by atoms with Crippen LogP contribution in [0.25, 0.3) is 99.5 Å². The third-order valence-electron chi connectivity index (χ3n) is 15.3. The van der Waals surface area contributed by atoms with Crippen molar-refractivity contribution in [3.8, 4) is 96.8 Å². The van der Waals surface area contributed by atoms with Gasteiger partial charge in [-0.2, -0.15) is 0 Å². The first-order chi connectivity index (χ1) is 50.8. The number of fused-ring (bicyclic) bond motifs is 5. The summed E-state index contributed by atoms with van der Waals surface area (Å²) in [6.07, 6.45) is 1.79. The van der Waals surface area contributed by atoms with E-state index in [1.165, 1.54) is 11.6 Å². The molecule has 5 heterocycles. The van der Waals surface area contributed by atoms with Crippen molar-refractivity contribution in [3.63, 3.8) is 0 Å². The Morgan fingerprint density at radius 1 is 0.406 bits per heavy atom. The summed E-state index contributed by atoms with van der Waals surface area (Å²) in [7, 11) is 12.6.